The van der Waals surface area contributed by atoms with Gasteiger partial charge in [-0.3, -0.25) is 14.4 Å². The number of carbonyl (C=O) groups excluding carboxylic acids is 2. The molecule has 0 aromatic heterocycles. The Kier molecular flexibility index (Phi) is 12.5. The summed E-state index contributed by atoms with van der Waals surface area (Å²) in [5.74, 6) is -0.950. The number of carboxylic acids is 1. The first-order valence-electron chi connectivity index (χ1n) is 15.9. The largest absolute Gasteiger partial charge is 0.481 e. The molecule has 8 heteroatoms. The van der Waals surface area contributed by atoms with E-state index in [1.807, 2.05) is 61.5 Å². The second kappa shape index (κ2) is 14.8. The van der Waals surface area contributed by atoms with Gasteiger partial charge in [0.15, 0.2) is 11.5 Å². The molecule has 0 fully saturated rings. The van der Waals surface area contributed by atoms with Crippen LogP contribution in [0.3, 0.4) is 0 Å². The number of carbonyl (C=O) groups is 3. The summed E-state index contributed by atoms with van der Waals surface area (Å²) in [7, 11) is 0. The van der Waals surface area contributed by atoms with E-state index in [-0.39, 0.29) is 31.4 Å². The fourth-order valence-electron chi connectivity index (χ4n) is 6.24. The smallest absolute Gasteiger partial charge is 0.311 e. The van der Waals surface area contributed by atoms with Crippen LogP contribution in [-0.4, -0.2) is 35.9 Å². The summed E-state index contributed by atoms with van der Waals surface area (Å²) >= 11 is 0. The summed E-state index contributed by atoms with van der Waals surface area (Å²) in [6.07, 6.45) is 5.96. The van der Waals surface area contributed by atoms with E-state index in [2.05, 4.69) is 6.92 Å². The maximum absolute atomic E-state index is 13.9. The average Bonchev–Trinajstić information content (AvgIpc) is 3.39. The van der Waals surface area contributed by atoms with Gasteiger partial charge in [-0.05, 0) is 88.3 Å². The Hall–Kier alpha value is -2.77. The van der Waals surface area contributed by atoms with Crippen LogP contribution in [0.25, 0.3) is 0 Å². The van der Waals surface area contributed by atoms with Gasteiger partial charge in [0.2, 0.25) is 6.79 Å². The number of ether oxygens (including phenoxy) is 4. The van der Waals surface area contributed by atoms with Crippen molar-refractivity contribution >= 4 is 17.9 Å². The summed E-state index contributed by atoms with van der Waals surface area (Å²) < 4.78 is 22.6. The van der Waals surface area contributed by atoms with E-state index in [1.54, 1.807) is 19.1 Å². The molecule has 1 aromatic carbocycles. The second-order valence-corrected chi connectivity index (χ2v) is 14.5. The zero-order chi connectivity index (χ0) is 32.6. The lowest BCUT2D eigenvalue weighted by atomic mass is 9.57. The van der Waals surface area contributed by atoms with Crippen molar-refractivity contribution in [3.63, 3.8) is 0 Å². The summed E-state index contributed by atoms with van der Waals surface area (Å²) in [6.45, 7) is 19.4. The van der Waals surface area contributed by atoms with E-state index in [4.69, 9.17) is 18.9 Å². The van der Waals surface area contributed by atoms with Crippen LogP contribution >= 0.6 is 0 Å². The molecule has 0 saturated carbocycles. The number of unbranched alkanes of at least 4 members (excludes halogenated alkanes) is 3. The molecule has 1 aliphatic heterocycles. The number of carboxylic acid groups (broad SMARTS) is 1. The van der Waals surface area contributed by atoms with E-state index in [9.17, 15) is 19.5 Å². The van der Waals surface area contributed by atoms with E-state index in [0.717, 1.165) is 37.7 Å². The molecule has 1 aliphatic rings. The zero-order valence-electron chi connectivity index (χ0n) is 28.3. The van der Waals surface area contributed by atoms with Crippen LogP contribution in [0, 0.1) is 27.6 Å². The molecule has 0 bridgehead atoms. The third-order valence-electron chi connectivity index (χ3n) is 9.65. The highest BCUT2D eigenvalue weighted by Crippen LogP contribution is 2.51. The Bertz CT molecular complexity index is 1110. The molecule has 244 valence electrons. The Balaban J connectivity index is 2.25. The summed E-state index contributed by atoms with van der Waals surface area (Å²) in [5, 5.41) is 10.2. The van der Waals surface area contributed by atoms with Crippen LogP contribution in [0.2, 0.25) is 0 Å². The average molecular weight is 605 g/mol. The molecule has 43 heavy (non-hydrogen) atoms. The highest BCUT2D eigenvalue weighted by molar-refractivity contribution is 5.78. The predicted octanol–water partition coefficient (Wildman–Crippen LogP) is 8.34. The molecule has 2 rings (SSSR count). The van der Waals surface area contributed by atoms with Gasteiger partial charge >= 0.3 is 17.9 Å². The van der Waals surface area contributed by atoms with Crippen molar-refractivity contribution in [2.24, 2.45) is 27.6 Å². The lowest BCUT2D eigenvalue weighted by molar-refractivity contribution is -0.169. The minimum absolute atomic E-state index is 0.0842. The minimum Gasteiger partial charge on any atom is -0.481 e. The van der Waals surface area contributed by atoms with Crippen molar-refractivity contribution in [2.45, 2.75) is 133 Å². The van der Waals surface area contributed by atoms with Crippen LogP contribution in [0.1, 0.15) is 126 Å². The first-order chi connectivity index (χ1) is 19.9. The predicted molar refractivity (Wildman–Crippen MR) is 167 cm³/mol. The van der Waals surface area contributed by atoms with Crippen molar-refractivity contribution in [3.8, 4) is 11.5 Å². The molecule has 3 unspecified atom stereocenters. The van der Waals surface area contributed by atoms with Crippen LogP contribution < -0.4 is 9.47 Å². The van der Waals surface area contributed by atoms with Gasteiger partial charge in [-0.25, -0.2) is 0 Å². The molecule has 1 aromatic rings. The Morgan fingerprint density at radius 2 is 1.60 bits per heavy atom. The molecule has 8 nitrogen and oxygen atoms in total. The Morgan fingerprint density at radius 1 is 0.953 bits per heavy atom. The van der Waals surface area contributed by atoms with Crippen molar-refractivity contribution in [1.29, 1.82) is 0 Å². The standard InChI is InChI=1S/C35H56O8/c1-11-13-14-15-16-24(3)43-29(36)26(20-34(8,9)35(10,12-2)30(37)38)32(4,5)22-33(6,7)31(39)40-21-25-17-18-27-28(19-25)42-23-41-27/h17-19,24,26H,11-16,20-23H2,1-10H3,(H,37,38). The summed E-state index contributed by atoms with van der Waals surface area (Å²) in [5.41, 5.74) is -2.62. The van der Waals surface area contributed by atoms with Crippen LogP contribution in [-0.2, 0) is 30.5 Å². The highest BCUT2D eigenvalue weighted by atomic mass is 16.7. The van der Waals surface area contributed by atoms with E-state index < -0.39 is 33.5 Å². The molecule has 1 N–H and O–H groups in total. The van der Waals surface area contributed by atoms with Gasteiger partial charge in [0.05, 0.1) is 22.9 Å². The number of hydrogen-bond donors (Lipinski definition) is 1. The van der Waals surface area contributed by atoms with Crippen LogP contribution in [0.5, 0.6) is 11.5 Å². The van der Waals surface area contributed by atoms with E-state index in [0.29, 0.717) is 30.8 Å². The van der Waals surface area contributed by atoms with Gasteiger partial charge in [0.1, 0.15) is 6.61 Å². The third kappa shape index (κ3) is 9.36. The van der Waals surface area contributed by atoms with Crippen molar-refractivity contribution in [1.82, 2.24) is 0 Å². The normalized spacial score (nSPS) is 16.2. The van der Waals surface area contributed by atoms with Gasteiger partial charge in [-0.1, -0.05) is 66.9 Å². The van der Waals surface area contributed by atoms with Gasteiger partial charge in [0.25, 0.3) is 0 Å². The van der Waals surface area contributed by atoms with Crippen LogP contribution in [0.4, 0.5) is 0 Å². The second-order valence-electron chi connectivity index (χ2n) is 14.5. The van der Waals surface area contributed by atoms with Crippen molar-refractivity contribution < 1.29 is 38.4 Å². The molecule has 0 radical (unpaired) electrons. The number of aliphatic carboxylic acids is 1. The maximum atomic E-state index is 13.9. The van der Waals surface area contributed by atoms with Gasteiger partial charge in [-0.15, -0.1) is 0 Å². The molecule has 3 atom stereocenters. The SMILES string of the molecule is CCCCCCC(C)OC(=O)C(CC(C)(C)C(C)(CC)C(=O)O)C(C)(C)CC(C)(C)C(=O)OCc1ccc2c(c1)OCO2. The Morgan fingerprint density at radius 3 is 2.21 bits per heavy atom. The number of rotatable bonds is 18. The quantitative estimate of drug-likeness (QED) is 0.132. The summed E-state index contributed by atoms with van der Waals surface area (Å²) in [4.78, 5) is 39.7. The molecule has 0 saturated heterocycles. The number of esters is 2. The van der Waals surface area contributed by atoms with E-state index >= 15 is 0 Å². The number of hydrogen-bond acceptors (Lipinski definition) is 7. The Labute approximate surface area is 259 Å². The number of fused-ring (bicyclic) bond motifs is 1. The lowest BCUT2D eigenvalue weighted by Crippen LogP contribution is -2.47. The molecule has 0 aliphatic carbocycles. The first kappa shape index (κ1) is 36.4. The lowest BCUT2D eigenvalue weighted by Gasteiger charge is -2.46. The number of benzene rings is 1. The van der Waals surface area contributed by atoms with Gasteiger partial charge in [-0.2, -0.15) is 0 Å². The fourth-order valence-corrected chi connectivity index (χ4v) is 6.24. The van der Waals surface area contributed by atoms with Gasteiger partial charge in [0, 0.05) is 0 Å². The molecular weight excluding hydrogens is 548 g/mol. The fraction of sp³-hybridized carbons (Fsp3) is 0.743. The molecule has 1 heterocycles. The van der Waals surface area contributed by atoms with Crippen LogP contribution in [0.15, 0.2) is 18.2 Å². The van der Waals surface area contributed by atoms with Crippen molar-refractivity contribution in [2.75, 3.05) is 6.79 Å². The topological polar surface area (TPSA) is 108 Å². The monoisotopic (exact) mass is 604 g/mol. The maximum Gasteiger partial charge on any atom is 0.311 e. The molecular formula is C35H56O8. The van der Waals surface area contributed by atoms with Crippen molar-refractivity contribution in [3.05, 3.63) is 23.8 Å². The molecule has 0 amide bonds. The van der Waals surface area contributed by atoms with E-state index in [1.165, 1.54) is 0 Å². The third-order valence-corrected chi connectivity index (χ3v) is 9.65. The minimum atomic E-state index is -1.05. The highest BCUT2D eigenvalue weighted by Gasteiger charge is 2.52. The first-order valence-corrected chi connectivity index (χ1v) is 15.9. The molecule has 0 spiro atoms. The summed E-state index contributed by atoms with van der Waals surface area (Å²) in [6, 6.07) is 5.43. The van der Waals surface area contributed by atoms with Gasteiger partial charge < -0.3 is 24.1 Å². The zero-order valence-corrected chi connectivity index (χ0v) is 28.3.